The van der Waals surface area contributed by atoms with Crippen molar-refractivity contribution < 1.29 is 0 Å². The first-order valence-electron chi connectivity index (χ1n) is 9.30. The highest BCUT2D eigenvalue weighted by Crippen LogP contribution is 2.25. The van der Waals surface area contributed by atoms with Crippen LogP contribution < -0.4 is 10.2 Å². The van der Waals surface area contributed by atoms with Gasteiger partial charge in [-0.1, -0.05) is 35.9 Å². The first-order chi connectivity index (χ1) is 12.8. The maximum atomic E-state index is 5.96. The van der Waals surface area contributed by atoms with Crippen LogP contribution in [0.4, 0.5) is 11.8 Å². The molecule has 4 rings (SSSR count). The van der Waals surface area contributed by atoms with E-state index >= 15 is 0 Å². The second-order valence-electron chi connectivity index (χ2n) is 6.74. The summed E-state index contributed by atoms with van der Waals surface area (Å²) >= 11 is 5.96. The number of aromatic nitrogens is 2. The van der Waals surface area contributed by atoms with E-state index in [4.69, 9.17) is 21.6 Å². The molecular weight excluding hydrogens is 344 g/mol. The Bertz CT molecular complexity index is 873. The van der Waals surface area contributed by atoms with E-state index in [0.29, 0.717) is 0 Å². The van der Waals surface area contributed by atoms with Crippen molar-refractivity contribution in [1.82, 2.24) is 9.97 Å². The molecule has 4 nitrogen and oxygen atoms in total. The topological polar surface area (TPSA) is 41.1 Å². The van der Waals surface area contributed by atoms with Crippen molar-refractivity contribution in [3.63, 3.8) is 0 Å². The number of rotatable bonds is 5. The molecule has 5 heteroatoms. The van der Waals surface area contributed by atoms with Crippen LogP contribution in [0.2, 0.25) is 5.02 Å². The van der Waals surface area contributed by atoms with Crippen LogP contribution in [0.3, 0.4) is 0 Å². The molecule has 134 valence electrons. The third kappa shape index (κ3) is 3.91. The normalized spacial score (nSPS) is 14.6. The van der Waals surface area contributed by atoms with E-state index in [2.05, 4.69) is 34.5 Å². The number of nitrogens with one attached hydrogen (secondary N) is 1. The van der Waals surface area contributed by atoms with Crippen LogP contribution in [0.25, 0.3) is 10.9 Å². The van der Waals surface area contributed by atoms with Crippen LogP contribution in [-0.4, -0.2) is 29.6 Å². The Morgan fingerprint density at radius 1 is 0.923 bits per heavy atom. The van der Waals surface area contributed by atoms with Crippen LogP contribution in [0.15, 0.2) is 48.5 Å². The van der Waals surface area contributed by atoms with Gasteiger partial charge in [-0.05, 0) is 55.5 Å². The van der Waals surface area contributed by atoms with Gasteiger partial charge in [0.2, 0.25) is 5.95 Å². The molecular formula is C21H23ClN4. The van der Waals surface area contributed by atoms with Crippen molar-refractivity contribution in [3.8, 4) is 0 Å². The third-order valence-corrected chi connectivity index (χ3v) is 5.10. The summed E-state index contributed by atoms with van der Waals surface area (Å²) in [7, 11) is 0. The van der Waals surface area contributed by atoms with Crippen molar-refractivity contribution in [2.45, 2.75) is 25.7 Å². The van der Waals surface area contributed by atoms with E-state index in [1.54, 1.807) is 0 Å². The van der Waals surface area contributed by atoms with Gasteiger partial charge in [-0.2, -0.15) is 4.98 Å². The standard InChI is InChI=1S/C21H23ClN4/c22-17-10-8-16(9-11-17)12-13-23-20-18-6-2-3-7-19(18)24-21(25-20)26-14-4-1-5-15-26/h2-3,6-11H,1,4-5,12-15H2,(H,23,24,25). The van der Waals surface area contributed by atoms with Crippen LogP contribution in [0.5, 0.6) is 0 Å². The zero-order chi connectivity index (χ0) is 17.8. The molecule has 1 N–H and O–H groups in total. The van der Waals surface area contributed by atoms with Gasteiger partial charge in [0.15, 0.2) is 0 Å². The fourth-order valence-corrected chi connectivity index (χ4v) is 3.54. The van der Waals surface area contributed by atoms with Crippen LogP contribution in [0, 0.1) is 0 Å². The molecule has 26 heavy (non-hydrogen) atoms. The first-order valence-corrected chi connectivity index (χ1v) is 9.67. The summed E-state index contributed by atoms with van der Waals surface area (Å²) in [5.41, 5.74) is 2.26. The average molecular weight is 367 g/mol. The number of para-hydroxylation sites is 1. The van der Waals surface area contributed by atoms with E-state index in [0.717, 1.165) is 53.7 Å². The van der Waals surface area contributed by atoms with Gasteiger partial charge in [-0.15, -0.1) is 0 Å². The molecule has 0 radical (unpaired) electrons. The number of anilines is 2. The van der Waals surface area contributed by atoms with Gasteiger partial charge in [0.25, 0.3) is 0 Å². The molecule has 0 amide bonds. The number of hydrogen-bond donors (Lipinski definition) is 1. The average Bonchev–Trinajstić information content (AvgIpc) is 2.70. The summed E-state index contributed by atoms with van der Waals surface area (Å²) in [6.45, 7) is 2.91. The van der Waals surface area contributed by atoms with E-state index in [1.165, 1.54) is 24.8 Å². The number of halogens is 1. The van der Waals surface area contributed by atoms with Crippen LogP contribution in [-0.2, 0) is 6.42 Å². The molecule has 3 aromatic rings. The summed E-state index contributed by atoms with van der Waals surface area (Å²) in [4.78, 5) is 12.0. The fourth-order valence-electron chi connectivity index (χ4n) is 3.41. The minimum absolute atomic E-state index is 0.773. The molecule has 2 heterocycles. The Balaban J connectivity index is 1.55. The maximum absolute atomic E-state index is 5.96. The van der Waals surface area contributed by atoms with Gasteiger partial charge in [-0.3, -0.25) is 0 Å². The number of hydrogen-bond acceptors (Lipinski definition) is 4. The maximum Gasteiger partial charge on any atom is 0.227 e. The Hall–Kier alpha value is -2.33. The highest BCUT2D eigenvalue weighted by atomic mass is 35.5. The molecule has 1 aliphatic heterocycles. The zero-order valence-electron chi connectivity index (χ0n) is 14.8. The van der Waals surface area contributed by atoms with Crippen LogP contribution in [0.1, 0.15) is 24.8 Å². The number of piperidine rings is 1. The van der Waals surface area contributed by atoms with Gasteiger partial charge in [0.05, 0.1) is 5.52 Å². The molecule has 2 aromatic carbocycles. The molecule has 1 saturated heterocycles. The monoisotopic (exact) mass is 366 g/mol. The summed E-state index contributed by atoms with van der Waals surface area (Å²) in [5, 5.41) is 5.37. The third-order valence-electron chi connectivity index (χ3n) is 4.85. The van der Waals surface area contributed by atoms with Gasteiger partial charge in [0, 0.05) is 30.0 Å². The number of nitrogens with zero attached hydrogens (tertiary/aromatic N) is 3. The predicted molar refractivity (Wildman–Crippen MR) is 109 cm³/mol. The summed E-state index contributed by atoms with van der Waals surface area (Å²) in [5.74, 6) is 1.77. The van der Waals surface area contributed by atoms with E-state index in [-0.39, 0.29) is 0 Å². The predicted octanol–water partition coefficient (Wildman–Crippen LogP) is 4.93. The van der Waals surface area contributed by atoms with E-state index < -0.39 is 0 Å². The Kier molecular flexibility index (Phi) is 5.21. The molecule has 1 aromatic heterocycles. The molecule has 1 aliphatic rings. The van der Waals surface area contributed by atoms with Crippen LogP contribution >= 0.6 is 11.6 Å². The lowest BCUT2D eigenvalue weighted by Crippen LogP contribution is -2.31. The minimum Gasteiger partial charge on any atom is -0.369 e. The van der Waals surface area contributed by atoms with Crippen molar-refractivity contribution >= 4 is 34.3 Å². The number of benzene rings is 2. The quantitative estimate of drug-likeness (QED) is 0.695. The second-order valence-corrected chi connectivity index (χ2v) is 7.18. The largest absolute Gasteiger partial charge is 0.369 e. The van der Waals surface area contributed by atoms with Crippen molar-refractivity contribution in [2.24, 2.45) is 0 Å². The second kappa shape index (κ2) is 7.92. The van der Waals surface area contributed by atoms with Crippen molar-refractivity contribution in [1.29, 1.82) is 0 Å². The highest BCUT2D eigenvalue weighted by Gasteiger charge is 2.16. The van der Waals surface area contributed by atoms with Gasteiger partial charge < -0.3 is 10.2 Å². The SMILES string of the molecule is Clc1ccc(CCNc2nc(N3CCCCC3)nc3ccccc23)cc1. The molecule has 0 atom stereocenters. The van der Waals surface area contributed by atoms with Gasteiger partial charge in [0.1, 0.15) is 5.82 Å². The lowest BCUT2D eigenvalue weighted by Gasteiger charge is -2.27. The zero-order valence-corrected chi connectivity index (χ0v) is 15.5. The fraction of sp³-hybridized carbons (Fsp3) is 0.333. The Morgan fingerprint density at radius 2 is 1.69 bits per heavy atom. The van der Waals surface area contributed by atoms with Gasteiger partial charge in [-0.25, -0.2) is 4.98 Å². The highest BCUT2D eigenvalue weighted by molar-refractivity contribution is 6.30. The molecule has 0 bridgehead atoms. The summed E-state index contributed by atoms with van der Waals surface area (Å²) < 4.78 is 0. The van der Waals surface area contributed by atoms with Gasteiger partial charge >= 0.3 is 0 Å². The molecule has 1 fully saturated rings. The molecule has 0 saturated carbocycles. The summed E-state index contributed by atoms with van der Waals surface area (Å²) in [6.07, 6.45) is 4.66. The molecule has 0 aliphatic carbocycles. The van der Waals surface area contributed by atoms with Crippen molar-refractivity contribution in [2.75, 3.05) is 29.9 Å². The Morgan fingerprint density at radius 3 is 2.50 bits per heavy atom. The lowest BCUT2D eigenvalue weighted by molar-refractivity contribution is 0.569. The van der Waals surface area contributed by atoms with E-state index in [9.17, 15) is 0 Å². The lowest BCUT2D eigenvalue weighted by atomic mass is 10.1. The smallest absolute Gasteiger partial charge is 0.227 e. The summed E-state index contributed by atoms with van der Waals surface area (Å²) in [6, 6.07) is 16.2. The van der Waals surface area contributed by atoms with Crippen molar-refractivity contribution in [3.05, 3.63) is 59.1 Å². The number of fused-ring (bicyclic) bond motifs is 1. The first kappa shape index (κ1) is 17.1. The molecule has 0 spiro atoms. The molecule has 0 unspecified atom stereocenters. The van der Waals surface area contributed by atoms with E-state index in [1.807, 2.05) is 24.3 Å². The minimum atomic E-state index is 0.773. The Labute approximate surface area is 159 Å².